The van der Waals surface area contributed by atoms with Gasteiger partial charge in [-0.1, -0.05) is 42.8 Å². The molecule has 0 fully saturated rings. The molecule has 0 saturated heterocycles. The molecule has 0 saturated carbocycles. The van der Waals surface area contributed by atoms with Crippen molar-refractivity contribution < 1.29 is 9.32 Å². The van der Waals surface area contributed by atoms with Gasteiger partial charge in [0.2, 0.25) is 17.6 Å². The second-order valence-corrected chi connectivity index (χ2v) is 5.23. The van der Waals surface area contributed by atoms with Crippen LogP contribution in [0, 0.1) is 12.8 Å². The fourth-order valence-corrected chi connectivity index (χ4v) is 1.94. The summed E-state index contributed by atoms with van der Waals surface area (Å²) >= 11 is 0. The van der Waals surface area contributed by atoms with Gasteiger partial charge in [-0.25, -0.2) is 0 Å². The zero-order valence-electron chi connectivity index (χ0n) is 12.3. The van der Waals surface area contributed by atoms with Gasteiger partial charge in [0.25, 0.3) is 0 Å². The van der Waals surface area contributed by atoms with Crippen molar-refractivity contribution in [2.45, 2.75) is 27.3 Å². The summed E-state index contributed by atoms with van der Waals surface area (Å²) in [7, 11) is 1.73. The van der Waals surface area contributed by atoms with Gasteiger partial charge in [0.1, 0.15) is 0 Å². The van der Waals surface area contributed by atoms with Crippen LogP contribution in [0.25, 0.3) is 11.4 Å². The molecule has 0 spiro atoms. The van der Waals surface area contributed by atoms with Gasteiger partial charge in [-0.15, -0.1) is 0 Å². The summed E-state index contributed by atoms with van der Waals surface area (Å²) in [6.45, 7) is 6.07. The van der Waals surface area contributed by atoms with E-state index in [1.165, 1.54) is 0 Å². The Morgan fingerprint density at radius 2 is 2.15 bits per heavy atom. The van der Waals surface area contributed by atoms with E-state index in [1.54, 1.807) is 11.9 Å². The average molecular weight is 273 g/mol. The molecule has 0 aliphatic carbocycles. The molecular formula is C15H19N3O2. The van der Waals surface area contributed by atoms with E-state index in [9.17, 15) is 4.79 Å². The van der Waals surface area contributed by atoms with Crippen molar-refractivity contribution in [3.63, 3.8) is 0 Å². The van der Waals surface area contributed by atoms with E-state index in [0.717, 1.165) is 11.1 Å². The monoisotopic (exact) mass is 273 g/mol. The zero-order chi connectivity index (χ0) is 14.7. The van der Waals surface area contributed by atoms with Gasteiger partial charge in [0.15, 0.2) is 0 Å². The van der Waals surface area contributed by atoms with E-state index < -0.39 is 0 Å². The first-order chi connectivity index (χ1) is 9.47. The number of hydrogen-bond acceptors (Lipinski definition) is 4. The van der Waals surface area contributed by atoms with Crippen molar-refractivity contribution >= 4 is 5.91 Å². The molecule has 2 aromatic rings. The maximum atomic E-state index is 11.8. The smallest absolute Gasteiger partial charge is 0.246 e. The van der Waals surface area contributed by atoms with E-state index in [0.29, 0.717) is 18.3 Å². The Morgan fingerprint density at radius 1 is 1.40 bits per heavy atom. The molecule has 0 aliphatic rings. The molecule has 20 heavy (non-hydrogen) atoms. The Kier molecular flexibility index (Phi) is 4.17. The third-order valence-corrected chi connectivity index (χ3v) is 2.99. The topological polar surface area (TPSA) is 59.2 Å². The number of aromatic nitrogens is 2. The molecule has 106 valence electrons. The summed E-state index contributed by atoms with van der Waals surface area (Å²) in [5.74, 6) is 1.01. The third kappa shape index (κ3) is 3.23. The number of benzene rings is 1. The lowest BCUT2D eigenvalue weighted by Gasteiger charge is -2.16. The summed E-state index contributed by atoms with van der Waals surface area (Å²) in [4.78, 5) is 17.7. The first-order valence-corrected chi connectivity index (χ1v) is 6.62. The lowest BCUT2D eigenvalue weighted by atomic mass is 10.1. The molecule has 5 heteroatoms. The van der Waals surface area contributed by atoms with Gasteiger partial charge >= 0.3 is 0 Å². The van der Waals surface area contributed by atoms with Gasteiger partial charge in [-0.2, -0.15) is 4.98 Å². The van der Waals surface area contributed by atoms with Crippen LogP contribution in [0.4, 0.5) is 0 Å². The van der Waals surface area contributed by atoms with Crippen LogP contribution in [0.1, 0.15) is 25.3 Å². The Morgan fingerprint density at radius 3 is 2.80 bits per heavy atom. The van der Waals surface area contributed by atoms with Crippen molar-refractivity contribution in [2.75, 3.05) is 7.05 Å². The number of rotatable bonds is 4. The van der Waals surface area contributed by atoms with Crippen molar-refractivity contribution in [1.29, 1.82) is 0 Å². The second kappa shape index (κ2) is 5.86. The molecule has 0 N–H and O–H groups in total. The van der Waals surface area contributed by atoms with E-state index in [2.05, 4.69) is 10.1 Å². The van der Waals surface area contributed by atoms with Crippen molar-refractivity contribution in [3.05, 3.63) is 35.7 Å². The Labute approximate surface area is 118 Å². The first-order valence-electron chi connectivity index (χ1n) is 6.62. The highest BCUT2D eigenvalue weighted by Crippen LogP contribution is 2.17. The number of carbonyl (C=O) groups is 1. The van der Waals surface area contributed by atoms with E-state index in [-0.39, 0.29) is 11.8 Å². The fraction of sp³-hybridized carbons (Fsp3) is 0.400. The normalized spacial score (nSPS) is 10.8. The molecule has 2 rings (SSSR count). The Hall–Kier alpha value is -2.17. The predicted octanol–water partition coefficient (Wildman–Crippen LogP) is 2.66. The number of nitrogens with zero attached hydrogens (tertiary/aromatic N) is 3. The summed E-state index contributed by atoms with van der Waals surface area (Å²) in [6, 6.07) is 7.90. The predicted molar refractivity (Wildman–Crippen MR) is 75.8 cm³/mol. The Bertz CT molecular complexity index is 605. The van der Waals surface area contributed by atoms with Gasteiger partial charge in [-0.05, 0) is 13.0 Å². The number of amides is 1. The standard InChI is InChI=1S/C15H19N3O2/c1-10(2)15(19)18(4)9-13-16-14(17-20-13)12-7-5-6-11(3)8-12/h5-8,10H,9H2,1-4H3. The average Bonchev–Trinajstić information content (AvgIpc) is 2.86. The summed E-state index contributed by atoms with van der Waals surface area (Å²) in [5.41, 5.74) is 2.05. The molecule has 1 amide bonds. The minimum absolute atomic E-state index is 0.0424. The van der Waals surface area contributed by atoms with Crippen molar-refractivity contribution in [2.24, 2.45) is 5.92 Å². The SMILES string of the molecule is Cc1cccc(-c2noc(CN(C)C(=O)C(C)C)n2)c1. The van der Waals surface area contributed by atoms with Crippen molar-refractivity contribution in [3.8, 4) is 11.4 Å². The molecule has 1 heterocycles. The van der Waals surface area contributed by atoms with Gasteiger partial charge in [0, 0.05) is 18.5 Å². The van der Waals surface area contributed by atoms with Crippen LogP contribution in [-0.2, 0) is 11.3 Å². The molecular weight excluding hydrogens is 254 g/mol. The highest BCUT2D eigenvalue weighted by molar-refractivity contribution is 5.77. The molecule has 0 radical (unpaired) electrons. The number of carbonyl (C=O) groups excluding carboxylic acids is 1. The molecule has 0 atom stereocenters. The molecule has 1 aromatic heterocycles. The molecule has 0 unspecified atom stereocenters. The maximum absolute atomic E-state index is 11.8. The van der Waals surface area contributed by atoms with E-state index in [4.69, 9.17) is 4.52 Å². The second-order valence-electron chi connectivity index (χ2n) is 5.23. The first kappa shape index (κ1) is 14.2. The largest absolute Gasteiger partial charge is 0.337 e. The van der Waals surface area contributed by atoms with Gasteiger partial charge < -0.3 is 9.42 Å². The quantitative estimate of drug-likeness (QED) is 0.859. The molecule has 0 aliphatic heterocycles. The summed E-state index contributed by atoms with van der Waals surface area (Å²) in [5, 5.41) is 3.96. The third-order valence-electron chi connectivity index (χ3n) is 2.99. The summed E-state index contributed by atoms with van der Waals surface area (Å²) < 4.78 is 5.20. The highest BCUT2D eigenvalue weighted by atomic mass is 16.5. The minimum atomic E-state index is -0.0424. The summed E-state index contributed by atoms with van der Waals surface area (Å²) in [6.07, 6.45) is 0. The van der Waals surface area contributed by atoms with Crippen LogP contribution < -0.4 is 0 Å². The zero-order valence-corrected chi connectivity index (χ0v) is 12.3. The van der Waals surface area contributed by atoms with Crippen LogP contribution in [0.3, 0.4) is 0 Å². The van der Waals surface area contributed by atoms with Crippen LogP contribution in [0.5, 0.6) is 0 Å². The molecule has 0 bridgehead atoms. The Balaban J connectivity index is 2.12. The highest BCUT2D eigenvalue weighted by Gasteiger charge is 2.16. The van der Waals surface area contributed by atoms with E-state index >= 15 is 0 Å². The van der Waals surface area contributed by atoms with E-state index in [1.807, 2.05) is 45.0 Å². The lowest BCUT2D eigenvalue weighted by Crippen LogP contribution is -2.30. The van der Waals surface area contributed by atoms with Crippen LogP contribution in [-0.4, -0.2) is 28.0 Å². The molecule has 1 aromatic carbocycles. The van der Waals surface area contributed by atoms with Gasteiger partial charge in [0.05, 0.1) is 6.54 Å². The van der Waals surface area contributed by atoms with Crippen LogP contribution in [0.2, 0.25) is 0 Å². The number of hydrogen-bond donors (Lipinski definition) is 0. The van der Waals surface area contributed by atoms with Crippen LogP contribution in [0.15, 0.2) is 28.8 Å². The maximum Gasteiger partial charge on any atom is 0.246 e. The van der Waals surface area contributed by atoms with Crippen molar-refractivity contribution in [1.82, 2.24) is 15.0 Å². The molecule has 5 nitrogen and oxygen atoms in total. The van der Waals surface area contributed by atoms with Crippen LogP contribution >= 0.6 is 0 Å². The fourth-order valence-electron chi connectivity index (χ4n) is 1.94. The van der Waals surface area contributed by atoms with Gasteiger partial charge in [-0.3, -0.25) is 4.79 Å². The number of aryl methyl sites for hydroxylation is 1. The minimum Gasteiger partial charge on any atom is -0.337 e. The lowest BCUT2D eigenvalue weighted by molar-refractivity contribution is -0.133.